The van der Waals surface area contributed by atoms with Gasteiger partial charge in [0.1, 0.15) is 5.75 Å². The minimum Gasteiger partial charge on any atom is -0.497 e. The summed E-state index contributed by atoms with van der Waals surface area (Å²) in [6.45, 7) is 5.77. The number of hydrogen-bond donors (Lipinski definition) is 2. The highest BCUT2D eigenvalue weighted by Gasteiger charge is 2.22. The van der Waals surface area contributed by atoms with E-state index in [2.05, 4.69) is 34.6 Å². The van der Waals surface area contributed by atoms with Crippen LogP contribution in [-0.4, -0.2) is 57.1 Å². The van der Waals surface area contributed by atoms with Gasteiger partial charge in [0.2, 0.25) is 5.91 Å². The number of benzene rings is 1. The van der Waals surface area contributed by atoms with Crippen LogP contribution in [0.15, 0.2) is 29.3 Å². The van der Waals surface area contributed by atoms with Gasteiger partial charge in [0.15, 0.2) is 5.96 Å². The van der Waals surface area contributed by atoms with Crippen LogP contribution < -0.4 is 15.4 Å². The van der Waals surface area contributed by atoms with Gasteiger partial charge in [-0.25, -0.2) is 0 Å². The Bertz CT molecular complexity index is 614. The first-order valence-corrected chi connectivity index (χ1v) is 10.5. The molecule has 0 saturated carbocycles. The molecular formula is C22H37IN4O2. The highest BCUT2D eigenvalue weighted by atomic mass is 127. The molecule has 6 nitrogen and oxygen atoms in total. The Labute approximate surface area is 192 Å². The van der Waals surface area contributed by atoms with E-state index in [1.165, 1.54) is 5.56 Å². The zero-order valence-corrected chi connectivity index (χ0v) is 20.4. The summed E-state index contributed by atoms with van der Waals surface area (Å²) in [5.41, 5.74) is 1.34. The van der Waals surface area contributed by atoms with E-state index in [1.54, 1.807) is 14.2 Å². The van der Waals surface area contributed by atoms with Gasteiger partial charge in [-0.2, -0.15) is 0 Å². The van der Waals surface area contributed by atoms with Crippen molar-refractivity contribution in [1.82, 2.24) is 15.5 Å². The summed E-state index contributed by atoms with van der Waals surface area (Å²) in [6, 6.07) is 8.30. The van der Waals surface area contributed by atoms with Crippen LogP contribution in [0.25, 0.3) is 0 Å². The molecule has 1 fully saturated rings. The van der Waals surface area contributed by atoms with Crippen molar-refractivity contribution in [1.29, 1.82) is 0 Å². The molecule has 164 valence electrons. The second-order valence-electron chi connectivity index (χ2n) is 7.35. The highest BCUT2D eigenvalue weighted by Crippen LogP contribution is 2.20. The van der Waals surface area contributed by atoms with Crippen LogP contribution in [-0.2, 0) is 11.2 Å². The van der Waals surface area contributed by atoms with Crippen molar-refractivity contribution in [2.75, 3.05) is 40.3 Å². The summed E-state index contributed by atoms with van der Waals surface area (Å²) in [4.78, 5) is 18.7. The Morgan fingerprint density at radius 1 is 1.21 bits per heavy atom. The van der Waals surface area contributed by atoms with E-state index in [0.717, 1.165) is 70.0 Å². The number of aliphatic imine (C=N–C) groups is 1. The maximum absolute atomic E-state index is 11.6. The predicted molar refractivity (Wildman–Crippen MR) is 130 cm³/mol. The Hall–Kier alpha value is -1.51. The molecule has 1 saturated heterocycles. The largest absolute Gasteiger partial charge is 0.497 e. The van der Waals surface area contributed by atoms with Crippen molar-refractivity contribution in [3.63, 3.8) is 0 Å². The second kappa shape index (κ2) is 14.5. The van der Waals surface area contributed by atoms with Crippen molar-refractivity contribution in [3.05, 3.63) is 29.8 Å². The summed E-state index contributed by atoms with van der Waals surface area (Å²) in [7, 11) is 3.40. The van der Waals surface area contributed by atoms with E-state index in [-0.39, 0.29) is 29.9 Å². The molecule has 7 heteroatoms. The SMILES string of the molecule is CCNC(=NCCCCc1ccc(OC)cc1)N1CCC(CC(=O)NC)CC1.I. The molecule has 0 bridgehead atoms. The van der Waals surface area contributed by atoms with Gasteiger partial charge in [0.05, 0.1) is 7.11 Å². The molecule has 1 aromatic carbocycles. The number of hydrogen-bond acceptors (Lipinski definition) is 3. The molecule has 1 heterocycles. The number of amides is 1. The molecular weight excluding hydrogens is 479 g/mol. The molecule has 0 aromatic heterocycles. The first-order chi connectivity index (χ1) is 13.7. The van der Waals surface area contributed by atoms with Gasteiger partial charge >= 0.3 is 0 Å². The fourth-order valence-electron chi connectivity index (χ4n) is 3.56. The zero-order chi connectivity index (χ0) is 20.2. The van der Waals surface area contributed by atoms with Crippen LogP contribution in [0.3, 0.4) is 0 Å². The van der Waals surface area contributed by atoms with E-state index in [9.17, 15) is 4.79 Å². The lowest BCUT2D eigenvalue weighted by molar-refractivity contribution is -0.121. The number of rotatable bonds is 9. The second-order valence-corrected chi connectivity index (χ2v) is 7.35. The molecule has 0 radical (unpaired) electrons. The fourth-order valence-corrected chi connectivity index (χ4v) is 3.56. The van der Waals surface area contributed by atoms with Crippen LogP contribution >= 0.6 is 24.0 Å². The molecule has 29 heavy (non-hydrogen) atoms. The van der Waals surface area contributed by atoms with Crippen molar-refractivity contribution in [3.8, 4) is 5.75 Å². The lowest BCUT2D eigenvalue weighted by atomic mass is 9.93. The average molecular weight is 516 g/mol. The smallest absolute Gasteiger partial charge is 0.220 e. The molecule has 1 aliphatic rings. The van der Waals surface area contributed by atoms with Crippen molar-refractivity contribution in [2.24, 2.45) is 10.9 Å². The Morgan fingerprint density at radius 3 is 2.48 bits per heavy atom. The number of unbranched alkanes of at least 4 members (excludes halogenated alkanes) is 1. The van der Waals surface area contributed by atoms with E-state index in [4.69, 9.17) is 9.73 Å². The van der Waals surface area contributed by atoms with Crippen LogP contribution in [0.2, 0.25) is 0 Å². The summed E-state index contributed by atoms with van der Waals surface area (Å²) < 4.78 is 5.20. The quantitative estimate of drug-likeness (QED) is 0.229. The maximum atomic E-state index is 11.6. The third kappa shape index (κ3) is 9.23. The third-order valence-corrected chi connectivity index (χ3v) is 5.30. The molecule has 0 unspecified atom stereocenters. The van der Waals surface area contributed by atoms with Gasteiger partial charge in [-0.1, -0.05) is 12.1 Å². The van der Waals surface area contributed by atoms with Crippen LogP contribution in [0.5, 0.6) is 5.75 Å². The van der Waals surface area contributed by atoms with Gasteiger partial charge < -0.3 is 20.3 Å². The summed E-state index contributed by atoms with van der Waals surface area (Å²) in [5, 5.41) is 6.15. The van der Waals surface area contributed by atoms with Crippen molar-refractivity contribution >= 4 is 35.8 Å². The first-order valence-electron chi connectivity index (χ1n) is 10.5. The van der Waals surface area contributed by atoms with Crippen molar-refractivity contribution in [2.45, 2.75) is 45.4 Å². The fraction of sp³-hybridized carbons (Fsp3) is 0.636. The van der Waals surface area contributed by atoms with E-state index >= 15 is 0 Å². The number of guanidine groups is 1. The Kier molecular flexibility index (Phi) is 12.7. The van der Waals surface area contributed by atoms with Crippen LogP contribution in [0, 0.1) is 5.92 Å². The molecule has 1 aromatic rings. The first kappa shape index (κ1) is 25.5. The summed E-state index contributed by atoms with van der Waals surface area (Å²) >= 11 is 0. The molecule has 0 atom stereocenters. The summed E-state index contributed by atoms with van der Waals surface area (Å²) in [6.07, 6.45) is 6.02. The summed E-state index contributed by atoms with van der Waals surface area (Å²) in [5.74, 6) is 2.56. The molecule has 0 spiro atoms. The molecule has 1 aliphatic heterocycles. The van der Waals surface area contributed by atoms with Crippen LogP contribution in [0.4, 0.5) is 0 Å². The number of ether oxygens (including phenoxy) is 1. The Balaban J connectivity index is 0.00000420. The topological polar surface area (TPSA) is 66.0 Å². The maximum Gasteiger partial charge on any atom is 0.220 e. The number of carbonyl (C=O) groups excluding carboxylic acids is 1. The zero-order valence-electron chi connectivity index (χ0n) is 18.1. The van der Waals surface area contributed by atoms with Gasteiger partial charge in [-0.3, -0.25) is 9.79 Å². The highest BCUT2D eigenvalue weighted by molar-refractivity contribution is 14.0. The predicted octanol–water partition coefficient (Wildman–Crippen LogP) is 3.45. The van der Waals surface area contributed by atoms with E-state index < -0.39 is 0 Å². The number of piperidine rings is 1. The average Bonchev–Trinajstić information content (AvgIpc) is 2.73. The number of likely N-dealkylation sites (tertiary alicyclic amines) is 1. The van der Waals surface area contributed by atoms with E-state index in [0.29, 0.717) is 12.3 Å². The van der Waals surface area contributed by atoms with Gasteiger partial charge in [-0.15, -0.1) is 24.0 Å². The molecule has 1 amide bonds. The van der Waals surface area contributed by atoms with Crippen LogP contribution in [0.1, 0.15) is 44.6 Å². The molecule has 2 rings (SSSR count). The third-order valence-electron chi connectivity index (χ3n) is 5.30. The standard InChI is InChI=1S/C22H36N4O2.HI/c1-4-24-22(26-15-12-19(13-16-26)17-21(27)23-2)25-14-6-5-7-18-8-10-20(28-3)11-9-18;/h8-11,19H,4-7,12-17H2,1-3H3,(H,23,27)(H,24,25);1H. The minimum atomic E-state index is 0. The monoisotopic (exact) mass is 516 g/mol. The Morgan fingerprint density at radius 2 is 1.90 bits per heavy atom. The lowest BCUT2D eigenvalue weighted by Crippen LogP contribution is -2.46. The lowest BCUT2D eigenvalue weighted by Gasteiger charge is -2.34. The number of halogens is 1. The number of methoxy groups -OCH3 is 1. The number of nitrogens with one attached hydrogen (secondary N) is 2. The molecule has 2 N–H and O–H groups in total. The van der Waals surface area contributed by atoms with Gasteiger partial charge in [0, 0.05) is 39.6 Å². The number of nitrogens with zero attached hydrogens (tertiary/aromatic N) is 2. The normalized spacial score (nSPS) is 14.9. The van der Waals surface area contributed by atoms with Gasteiger partial charge in [0.25, 0.3) is 0 Å². The van der Waals surface area contributed by atoms with Gasteiger partial charge in [-0.05, 0) is 62.6 Å². The molecule has 0 aliphatic carbocycles. The van der Waals surface area contributed by atoms with E-state index in [1.807, 2.05) is 12.1 Å². The minimum absolute atomic E-state index is 0. The number of carbonyl (C=O) groups is 1. The number of aryl methyl sites for hydroxylation is 1. The van der Waals surface area contributed by atoms with Crippen molar-refractivity contribution < 1.29 is 9.53 Å².